The predicted octanol–water partition coefficient (Wildman–Crippen LogP) is 1.82. The summed E-state index contributed by atoms with van der Waals surface area (Å²) >= 11 is 0. The smallest absolute Gasteiger partial charge is 0.121 e. The fraction of sp³-hybridized carbons (Fsp3) is 0.462. The van der Waals surface area contributed by atoms with Gasteiger partial charge < -0.3 is 15.0 Å². The van der Waals surface area contributed by atoms with Gasteiger partial charge in [0.05, 0.1) is 18.1 Å². The molecule has 0 aliphatic rings. The van der Waals surface area contributed by atoms with Crippen LogP contribution in [0.1, 0.15) is 19.7 Å². The topological polar surface area (TPSA) is 53.1 Å². The SMILES string of the molecule is COc1ccc2c(c1)nc(C(C)(C)CN)n2C. The quantitative estimate of drug-likeness (QED) is 0.879. The van der Waals surface area contributed by atoms with Crippen molar-refractivity contribution in [3.8, 4) is 5.75 Å². The van der Waals surface area contributed by atoms with Crippen molar-refractivity contribution >= 4 is 11.0 Å². The summed E-state index contributed by atoms with van der Waals surface area (Å²) in [6, 6.07) is 5.92. The van der Waals surface area contributed by atoms with Gasteiger partial charge in [0.2, 0.25) is 0 Å². The predicted molar refractivity (Wildman–Crippen MR) is 69.3 cm³/mol. The molecule has 92 valence electrons. The summed E-state index contributed by atoms with van der Waals surface area (Å²) in [5, 5.41) is 0. The molecule has 2 aromatic rings. The highest BCUT2D eigenvalue weighted by atomic mass is 16.5. The van der Waals surface area contributed by atoms with E-state index in [0.717, 1.165) is 22.6 Å². The van der Waals surface area contributed by atoms with Gasteiger partial charge in [-0.1, -0.05) is 13.8 Å². The molecule has 2 N–H and O–H groups in total. The third-order valence-electron chi connectivity index (χ3n) is 3.20. The minimum absolute atomic E-state index is 0.124. The molecule has 0 fully saturated rings. The Balaban J connectivity index is 2.64. The minimum atomic E-state index is -0.124. The summed E-state index contributed by atoms with van der Waals surface area (Å²) in [5.74, 6) is 1.83. The van der Waals surface area contributed by atoms with E-state index in [9.17, 15) is 0 Å². The van der Waals surface area contributed by atoms with Gasteiger partial charge in [-0.3, -0.25) is 0 Å². The monoisotopic (exact) mass is 233 g/mol. The van der Waals surface area contributed by atoms with Gasteiger partial charge in [-0.05, 0) is 12.1 Å². The Morgan fingerprint density at radius 2 is 2.12 bits per heavy atom. The lowest BCUT2D eigenvalue weighted by atomic mass is 9.93. The maximum atomic E-state index is 5.81. The van der Waals surface area contributed by atoms with Gasteiger partial charge >= 0.3 is 0 Å². The number of nitrogens with two attached hydrogens (primary N) is 1. The van der Waals surface area contributed by atoms with Crippen molar-refractivity contribution in [3.05, 3.63) is 24.0 Å². The summed E-state index contributed by atoms with van der Waals surface area (Å²) in [7, 11) is 3.68. The molecule has 0 amide bonds. The van der Waals surface area contributed by atoms with Gasteiger partial charge in [0, 0.05) is 25.1 Å². The zero-order valence-electron chi connectivity index (χ0n) is 10.8. The van der Waals surface area contributed by atoms with Crippen LogP contribution in [0, 0.1) is 0 Å². The second kappa shape index (κ2) is 4.04. The lowest BCUT2D eigenvalue weighted by molar-refractivity contribution is 0.415. The highest BCUT2D eigenvalue weighted by Crippen LogP contribution is 2.27. The van der Waals surface area contributed by atoms with Gasteiger partial charge in [0.15, 0.2) is 0 Å². The summed E-state index contributed by atoms with van der Waals surface area (Å²) in [4.78, 5) is 4.67. The van der Waals surface area contributed by atoms with E-state index >= 15 is 0 Å². The highest BCUT2D eigenvalue weighted by Gasteiger charge is 2.25. The highest BCUT2D eigenvalue weighted by molar-refractivity contribution is 5.78. The number of ether oxygens (including phenoxy) is 1. The molecule has 0 saturated carbocycles. The lowest BCUT2D eigenvalue weighted by Crippen LogP contribution is -2.31. The number of aromatic nitrogens is 2. The zero-order chi connectivity index (χ0) is 12.6. The van der Waals surface area contributed by atoms with Gasteiger partial charge in [-0.25, -0.2) is 4.98 Å². The molecule has 2 rings (SSSR count). The third kappa shape index (κ3) is 1.89. The summed E-state index contributed by atoms with van der Waals surface area (Å²) in [6.07, 6.45) is 0. The number of benzene rings is 1. The molecule has 0 saturated heterocycles. The van der Waals surface area contributed by atoms with E-state index in [1.807, 2.05) is 25.2 Å². The molecule has 0 unspecified atom stereocenters. The third-order valence-corrected chi connectivity index (χ3v) is 3.20. The first-order valence-corrected chi connectivity index (χ1v) is 5.70. The molecule has 0 spiro atoms. The van der Waals surface area contributed by atoms with Gasteiger partial charge in [0.1, 0.15) is 11.6 Å². The van der Waals surface area contributed by atoms with Crippen molar-refractivity contribution < 1.29 is 4.74 Å². The van der Waals surface area contributed by atoms with E-state index in [2.05, 4.69) is 23.4 Å². The second-order valence-corrected chi connectivity index (χ2v) is 4.94. The average Bonchev–Trinajstić information content (AvgIpc) is 2.67. The van der Waals surface area contributed by atoms with Crippen LogP contribution in [0.2, 0.25) is 0 Å². The van der Waals surface area contributed by atoms with Crippen LogP contribution in [-0.4, -0.2) is 23.2 Å². The van der Waals surface area contributed by atoms with Crippen LogP contribution in [0.5, 0.6) is 5.75 Å². The number of nitrogens with zero attached hydrogens (tertiary/aromatic N) is 2. The van der Waals surface area contributed by atoms with E-state index in [1.54, 1.807) is 7.11 Å². The summed E-state index contributed by atoms with van der Waals surface area (Å²) in [6.45, 7) is 4.78. The maximum Gasteiger partial charge on any atom is 0.121 e. The average molecular weight is 233 g/mol. The Morgan fingerprint density at radius 3 is 2.71 bits per heavy atom. The first-order valence-electron chi connectivity index (χ1n) is 5.70. The van der Waals surface area contributed by atoms with Crippen LogP contribution >= 0.6 is 0 Å². The zero-order valence-corrected chi connectivity index (χ0v) is 10.8. The normalized spacial score (nSPS) is 12.1. The second-order valence-electron chi connectivity index (χ2n) is 4.94. The van der Waals surface area contributed by atoms with E-state index in [1.165, 1.54) is 0 Å². The molecule has 4 nitrogen and oxygen atoms in total. The molecule has 0 radical (unpaired) electrons. The maximum absolute atomic E-state index is 5.81. The molecule has 17 heavy (non-hydrogen) atoms. The van der Waals surface area contributed by atoms with Crippen molar-refractivity contribution in [2.24, 2.45) is 12.8 Å². The molecule has 0 aliphatic carbocycles. The molecule has 4 heteroatoms. The van der Waals surface area contributed by atoms with Crippen LogP contribution in [-0.2, 0) is 12.5 Å². The van der Waals surface area contributed by atoms with Crippen molar-refractivity contribution in [1.82, 2.24) is 9.55 Å². The molecule has 0 bridgehead atoms. The van der Waals surface area contributed by atoms with Crippen LogP contribution in [0.3, 0.4) is 0 Å². The number of imidazole rings is 1. The Kier molecular flexibility index (Phi) is 2.83. The number of methoxy groups -OCH3 is 1. The van der Waals surface area contributed by atoms with E-state index in [0.29, 0.717) is 6.54 Å². The number of aryl methyl sites for hydroxylation is 1. The Bertz CT molecular complexity index is 543. The molecule has 1 aromatic carbocycles. The van der Waals surface area contributed by atoms with Crippen LogP contribution < -0.4 is 10.5 Å². The minimum Gasteiger partial charge on any atom is -0.497 e. The molecule has 1 heterocycles. The van der Waals surface area contributed by atoms with Crippen LogP contribution in [0.25, 0.3) is 11.0 Å². The number of hydrogen-bond donors (Lipinski definition) is 1. The fourth-order valence-electron chi connectivity index (χ4n) is 2.00. The van der Waals surface area contributed by atoms with Crippen LogP contribution in [0.4, 0.5) is 0 Å². The molecule has 0 atom stereocenters. The summed E-state index contributed by atoms with van der Waals surface area (Å²) in [5.41, 5.74) is 7.73. The van der Waals surface area contributed by atoms with Crippen molar-refractivity contribution in [2.45, 2.75) is 19.3 Å². The van der Waals surface area contributed by atoms with Crippen molar-refractivity contribution in [1.29, 1.82) is 0 Å². The number of fused-ring (bicyclic) bond motifs is 1. The van der Waals surface area contributed by atoms with Crippen molar-refractivity contribution in [2.75, 3.05) is 13.7 Å². The summed E-state index contributed by atoms with van der Waals surface area (Å²) < 4.78 is 7.31. The Labute approximate surface area is 101 Å². The van der Waals surface area contributed by atoms with Gasteiger partial charge in [-0.15, -0.1) is 0 Å². The van der Waals surface area contributed by atoms with Crippen molar-refractivity contribution in [3.63, 3.8) is 0 Å². The molecule has 1 aromatic heterocycles. The van der Waals surface area contributed by atoms with E-state index in [-0.39, 0.29) is 5.41 Å². The molecular weight excluding hydrogens is 214 g/mol. The van der Waals surface area contributed by atoms with E-state index in [4.69, 9.17) is 10.5 Å². The first-order chi connectivity index (χ1) is 7.99. The number of rotatable bonds is 3. The molecular formula is C13H19N3O. The van der Waals surface area contributed by atoms with E-state index < -0.39 is 0 Å². The Hall–Kier alpha value is -1.55. The fourth-order valence-corrected chi connectivity index (χ4v) is 2.00. The largest absolute Gasteiger partial charge is 0.497 e. The number of hydrogen-bond acceptors (Lipinski definition) is 3. The Morgan fingerprint density at radius 1 is 1.41 bits per heavy atom. The standard InChI is InChI=1S/C13H19N3O/c1-13(2,8-14)12-15-10-7-9(17-4)5-6-11(10)16(12)3/h5-7H,8,14H2,1-4H3. The van der Waals surface area contributed by atoms with Gasteiger partial charge in [-0.2, -0.15) is 0 Å². The molecule has 0 aliphatic heterocycles. The van der Waals surface area contributed by atoms with Gasteiger partial charge in [0.25, 0.3) is 0 Å². The lowest BCUT2D eigenvalue weighted by Gasteiger charge is -2.21. The van der Waals surface area contributed by atoms with Crippen LogP contribution in [0.15, 0.2) is 18.2 Å². The first kappa shape index (κ1) is 11.9.